The number of benzene rings is 2. The lowest BCUT2D eigenvalue weighted by Gasteiger charge is -2.07. The van der Waals surface area contributed by atoms with E-state index in [1.807, 2.05) is 6.92 Å². The summed E-state index contributed by atoms with van der Waals surface area (Å²) in [5.41, 5.74) is 1.12. The van der Waals surface area contributed by atoms with Crippen molar-refractivity contribution in [3.8, 4) is 16.9 Å². The Hall–Kier alpha value is -1.94. The molecule has 0 atom stereocenters. The lowest BCUT2D eigenvalue weighted by Crippen LogP contribution is -2.03. The number of ether oxygens (including phenoxy) is 1. The fourth-order valence-corrected chi connectivity index (χ4v) is 2.15. The van der Waals surface area contributed by atoms with Crippen LogP contribution in [0.5, 0.6) is 5.75 Å². The van der Waals surface area contributed by atoms with Crippen molar-refractivity contribution >= 4 is 21.9 Å². The van der Waals surface area contributed by atoms with E-state index in [1.54, 1.807) is 42.5 Å². The van der Waals surface area contributed by atoms with Gasteiger partial charge in [0.2, 0.25) is 0 Å². The average molecular weight is 349 g/mol. The van der Waals surface area contributed by atoms with Gasteiger partial charge in [0.1, 0.15) is 11.6 Å². The Balaban J connectivity index is 2.25. The standard InChI is InChI=1S/C17H14BrFO2/c1-2-3-7-17(20)21-14-6-4-5-12(10-14)15-9-8-13(18)11-16(15)19/h3-11H,2H2,1H3. The van der Waals surface area contributed by atoms with Crippen LogP contribution in [-0.4, -0.2) is 5.97 Å². The minimum Gasteiger partial charge on any atom is -0.423 e. The van der Waals surface area contributed by atoms with Gasteiger partial charge in [0.15, 0.2) is 0 Å². The first-order valence-corrected chi connectivity index (χ1v) is 7.33. The minimum absolute atomic E-state index is 0.335. The number of allylic oxidation sites excluding steroid dienone is 1. The maximum absolute atomic E-state index is 13.9. The number of esters is 1. The molecule has 0 radical (unpaired) electrons. The van der Waals surface area contributed by atoms with Crippen LogP contribution in [0.4, 0.5) is 4.39 Å². The second-order valence-electron chi connectivity index (χ2n) is 4.38. The SMILES string of the molecule is CCC=CC(=O)Oc1cccc(-c2ccc(Br)cc2F)c1. The Morgan fingerprint density at radius 1 is 1.29 bits per heavy atom. The molecule has 0 bridgehead atoms. The first-order chi connectivity index (χ1) is 10.1. The molecular weight excluding hydrogens is 335 g/mol. The highest BCUT2D eigenvalue weighted by Gasteiger charge is 2.08. The Morgan fingerprint density at radius 2 is 2.10 bits per heavy atom. The van der Waals surface area contributed by atoms with Gasteiger partial charge in [0.05, 0.1) is 0 Å². The second kappa shape index (κ2) is 7.18. The van der Waals surface area contributed by atoms with Crippen LogP contribution < -0.4 is 4.74 Å². The number of halogens is 2. The van der Waals surface area contributed by atoms with Gasteiger partial charge in [-0.15, -0.1) is 0 Å². The van der Waals surface area contributed by atoms with Crippen molar-refractivity contribution in [2.24, 2.45) is 0 Å². The Kier molecular flexibility index (Phi) is 5.28. The molecule has 0 aliphatic carbocycles. The van der Waals surface area contributed by atoms with E-state index in [0.29, 0.717) is 21.3 Å². The zero-order valence-electron chi connectivity index (χ0n) is 11.5. The molecule has 0 aliphatic heterocycles. The predicted molar refractivity (Wildman–Crippen MR) is 84.6 cm³/mol. The number of hydrogen-bond acceptors (Lipinski definition) is 2. The van der Waals surface area contributed by atoms with Crippen LogP contribution in [0.2, 0.25) is 0 Å². The molecule has 0 aromatic heterocycles. The van der Waals surface area contributed by atoms with Gasteiger partial charge in [0, 0.05) is 16.1 Å². The van der Waals surface area contributed by atoms with Crippen LogP contribution in [-0.2, 0) is 4.79 Å². The van der Waals surface area contributed by atoms with E-state index in [1.165, 1.54) is 12.1 Å². The maximum atomic E-state index is 13.9. The highest BCUT2D eigenvalue weighted by Crippen LogP contribution is 2.28. The number of carbonyl (C=O) groups excluding carboxylic acids is 1. The second-order valence-corrected chi connectivity index (χ2v) is 5.30. The van der Waals surface area contributed by atoms with Gasteiger partial charge in [-0.05, 0) is 36.2 Å². The van der Waals surface area contributed by atoms with Crippen LogP contribution in [0.25, 0.3) is 11.1 Å². The summed E-state index contributed by atoms with van der Waals surface area (Å²) in [6.45, 7) is 1.93. The Morgan fingerprint density at radius 3 is 2.81 bits per heavy atom. The minimum atomic E-state index is -0.440. The van der Waals surface area contributed by atoms with Gasteiger partial charge < -0.3 is 4.74 Å². The maximum Gasteiger partial charge on any atom is 0.335 e. The van der Waals surface area contributed by atoms with Gasteiger partial charge >= 0.3 is 5.97 Å². The van der Waals surface area contributed by atoms with Crippen molar-refractivity contribution in [2.45, 2.75) is 13.3 Å². The van der Waals surface area contributed by atoms with Crippen molar-refractivity contribution in [2.75, 3.05) is 0 Å². The van der Waals surface area contributed by atoms with Crippen molar-refractivity contribution in [1.29, 1.82) is 0 Å². The third-order valence-electron chi connectivity index (χ3n) is 2.78. The fourth-order valence-electron chi connectivity index (χ4n) is 1.81. The summed E-state index contributed by atoms with van der Waals surface area (Å²) in [6, 6.07) is 11.6. The molecule has 2 rings (SSSR count). The Bertz CT molecular complexity index is 680. The molecule has 0 aliphatic rings. The number of rotatable bonds is 4. The topological polar surface area (TPSA) is 26.3 Å². The fraction of sp³-hybridized carbons (Fsp3) is 0.118. The highest BCUT2D eigenvalue weighted by atomic mass is 79.9. The van der Waals surface area contributed by atoms with Gasteiger partial charge in [-0.1, -0.05) is 47.1 Å². The van der Waals surface area contributed by atoms with E-state index < -0.39 is 5.97 Å². The molecule has 0 saturated heterocycles. The first-order valence-electron chi connectivity index (χ1n) is 6.54. The molecule has 21 heavy (non-hydrogen) atoms. The van der Waals surface area contributed by atoms with Gasteiger partial charge in [-0.2, -0.15) is 0 Å². The molecule has 0 unspecified atom stereocenters. The van der Waals surface area contributed by atoms with Crippen molar-refractivity contribution in [3.63, 3.8) is 0 Å². The summed E-state index contributed by atoms with van der Waals surface area (Å²) in [7, 11) is 0. The molecular formula is C17H14BrFO2. The molecule has 0 spiro atoms. The smallest absolute Gasteiger partial charge is 0.335 e. The van der Waals surface area contributed by atoms with Gasteiger partial charge in [0.25, 0.3) is 0 Å². The summed E-state index contributed by atoms with van der Waals surface area (Å²) in [4.78, 5) is 11.5. The summed E-state index contributed by atoms with van der Waals surface area (Å²) in [6.07, 6.45) is 3.87. The molecule has 0 fully saturated rings. The molecule has 4 heteroatoms. The third kappa shape index (κ3) is 4.26. The summed E-state index contributed by atoms with van der Waals surface area (Å²) >= 11 is 3.22. The van der Waals surface area contributed by atoms with E-state index in [2.05, 4.69) is 15.9 Å². The normalized spacial score (nSPS) is 10.8. The molecule has 0 heterocycles. The van der Waals surface area contributed by atoms with Crippen LogP contribution in [0, 0.1) is 5.82 Å². The lowest BCUT2D eigenvalue weighted by molar-refractivity contribution is -0.129. The summed E-state index contributed by atoms with van der Waals surface area (Å²) < 4.78 is 19.8. The number of hydrogen-bond donors (Lipinski definition) is 0. The van der Waals surface area contributed by atoms with Crippen molar-refractivity contribution in [1.82, 2.24) is 0 Å². The van der Waals surface area contributed by atoms with E-state index in [9.17, 15) is 9.18 Å². The Labute approximate surface area is 131 Å². The molecule has 0 saturated carbocycles. The predicted octanol–water partition coefficient (Wildman–Crippen LogP) is 5.13. The number of carbonyl (C=O) groups is 1. The van der Waals surface area contributed by atoms with E-state index in [-0.39, 0.29) is 5.82 Å². The molecule has 2 aromatic rings. The molecule has 2 nitrogen and oxygen atoms in total. The molecule has 108 valence electrons. The van der Waals surface area contributed by atoms with E-state index in [4.69, 9.17) is 4.74 Å². The van der Waals surface area contributed by atoms with Crippen LogP contribution >= 0.6 is 15.9 Å². The molecule has 0 amide bonds. The monoisotopic (exact) mass is 348 g/mol. The highest BCUT2D eigenvalue weighted by molar-refractivity contribution is 9.10. The van der Waals surface area contributed by atoms with Crippen molar-refractivity contribution < 1.29 is 13.9 Å². The summed E-state index contributed by atoms with van der Waals surface area (Å²) in [5, 5.41) is 0. The molecule has 0 N–H and O–H groups in total. The van der Waals surface area contributed by atoms with Gasteiger partial charge in [-0.25, -0.2) is 9.18 Å². The van der Waals surface area contributed by atoms with Gasteiger partial charge in [-0.3, -0.25) is 0 Å². The van der Waals surface area contributed by atoms with Crippen LogP contribution in [0.15, 0.2) is 59.1 Å². The van der Waals surface area contributed by atoms with Crippen LogP contribution in [0.3, 0.4) is 0 Å². The third-order valence-corrected chi connectivity index (χ3v) is 3.28. The first kappa shape index (κ1) is 15.4. The quantitative estimate of drug-likeness (QED) is 0.435. The van der Waals surface area contributed by atoms with Crippen LogP contribution in [0.1, 0.15) is 13.3 Å². The van der Waals surface area contributed by atoms with Crippen molar-refractivity contribution in [3.05, 3.63) is 64.9 Å². The zero-order valence-corrected chi connectivity index (χ0v) is 13.1. The lowest BCUT2D eigenvalue weighted by atomic mass is 10.1. The zero-order chi connectivity index (χ0) is 15.2. The molecule has 2 aromatic carbocycles. The summed E-state index contributed by atoms with van der Waals surface area (Å²) in [5.74, 6) is -0.385. The largest absolute Gasteiger partial charge is 0.423 e. The van der Waals surface area contributed by atoms with E-state index >= 15 is 0 Å². The van der Waals surface area contributed by atoms with E-state index in [0.717, 1.165) is 6.42 Å². The average Bonchev–Trinajstić information content (AvgIpc) is 2.45.